The summed E-state index contributed by atoms with van der Waals surface area (Å²) in [4.78, 5) is 39.9. The highest BCUT2D eigenvalue weighted by Crippen LogP contribution is 2.32. The summed E-state index contributed by atoms with van der Waals surface area (Å²) >= 11 is 0. The number of sulfonamides is 2. The molecule has 2 unspecified atom stereocenters. The summed E-state index contributed by atoms with van der Waals surface area (Å²) in [5, 5.41) is 0. The Labute approximate surface area is 432 Å². The molecule has 2 aromatic rings. The van der Waals surface area contributed by atoms with Crippen molar-refractivity contribution in [3.05, 3.63) is 46.5 Å². The molecule has 2 aliphatic heterocycles. The number of ether oxygens (including phenoxy) is 4. The van der Waals surface area contributed by atoms with Crippen LogP contribution in [0.2, 0.25) is 0 Å². The van der Waals surface area contributed by atoms with Crippen LogP contribution in [-0.4, -0.2) is 238 Å². The molecule has 2 aliphatic carbocycles. The van der Waals surface area contributed by atoms with Crippen molar-refractivity contribution in [2.24, 2.45) is 0 Å². The summed E-state index contributed by atoms with van der Waals surface area (Å²) in [5.74, 6) is 1.16. The highest BCUT2D eigenvalue weighted by atomic mass is 32.2. The summed E-state index contributed by atoms with van der Waals surface area (Å²) in [7, 11) is 2.55. The second-order valence-corrected chi connectivity index (χ2v) is 24.1. The average molecular weight is 1050 g/mol. The fraction of sp³-hybridized carbons (Fsp3) is 0.731. The number of piperazine rings is 2. The Balaban J connectivity index is 0.000000267. The minimum Gasteiger partial charge on any atom is -0.497 e. The minimum atomic E-state index is -3.68. The van der Waals surface area contributed by atoms with E-state index < -0.39 is 20.0 Å². The van der Waals surface area contributed by atoms with E-state index in [9.17, 15) is 26.4 Å². The quantitative estimate of drug-likeness (QED) is 0.156. The first kappa shape index (κ1) is 59.4. The molecule has 72 heavy (non-hydrogen) atoms. The Hall–Kier alpha value is -3.44. The van der Waals surface area contributed by atoms with Crippen molar-refractivity contribution < 1.29 is 45.4 Å². The molecule has 0 spiro atoms. The molecule has 2 saturated heterocycles. The number of carbonyl (C=O) groups excluding carboxylic acids is 2. The minimum absolute atomic E-state index is 0.0404. The van der Waals surface area contributed by atoms with Gasteiger partial charge in [0.25, 0.3) is 0 Å². The molecule has 2 heterocycles. The van der Waals surface area contributed by atoms with Gasteiger partial charge in [0.15, 0.2) is 0 Å². The van der Waals surface area contributed by atoms with Crippen LogP contribution < -0.4 is 9.47 Å². The molecule has 0 N–H and O–H groups in total. The average Bonchev–Trinajstić information content (AvgIpc) is 4.07. The number of hydrogen-bond donors (Lipinski definition) is 0. The third-order valence-corrected chi connectivity index (χ3v) is 19.9. The van der Waals surface area contributed by atoms with Crippen molar-refractivity contribution in [1.82, 2.24) is 38.0 Å². The second-order valence-electron chi connectivity index (χ2n) is 20.1. The van der Waals surface area contributed by atoms with Gasteiger partial charge in [-0.3, -0.25) is 19.4 Å². The molecular formula is C52H88N8O10S2. The van der Waals surface area contributed by atoms with E-state index in [1.165, 1.54) is 22.7 Å². The van der Waals surface area contributed by atoms with E-state index in [1.807, 2.05) is 23.9 Å². The standard InChI is InChI=1S/2C26H44N4O5S/c2*1-7-29-10-12-30(13-11-29)23-9-8-22(18-23)28(5)25(31)19-35-15-14-27(4)36(32,33)26-20(2)16-24(34-6)17-21(26)3/h2*16-17,22-23H,7-15,18-19H2,1-6H3/t22-,23+;/m1./s1. The number of amides is 2. The van der Waals surface area contributed by atoms with Gasteiger partial charge in [-0.15, -0.1) is 0 Å². The van der Waals surface area contributed by atoms with Crippen LogP contribution >= 0.6 is 0 Å². The number of rotatable bonds is 22. The van der Waals surface area contributed by atoms with E-state index in [2.05, 4.69) is 33.4 Å². The second kappa shape index (κ2) is 27.4. The fourth-order valence-electron chi connectivity index (χ4n) is 10.9. The molecule has 0 radical (unpaired) electrons. The van der Waals surface area contributed by atoms with Gasteiger partial charge >= 0.3 is 0 Å². The number of likely N-dealkylation sites (N-methyl/N-ethyl adjacent to an activating group) is 6. The molecule has 4 fully saturated rings. The lowest BCUT2D eigenvalue weighted by Gasteiger charge is -2.38. The van der Waals surface area contributed by atoms with Gasteiger partial charge in [-0.25, -0.2) is 16.8 Å². The Morgan fingerprint density at radius 3 is 1.15 bits per heavy atom. The summed E-state index contributed by atoms with van der Waals surface area (Å²) in [6.45, 7) is 23.2. The maximum Gasteiger partial charge on any atom is 0.248 e. The van der Waals surface area contributed by atoms with Gasteiger partial charge < -0.3 is 38.5 Å². The van der Waals surface area contributed by atoms with Gasteiger partial charge in [0.1, 0.15) is 24.7 Å². The van der Waals surface area contributed by atoms with Crippen LogP contribution in [0.5, 0.6) is 11.5 Å². The highest BCUT2D eigenvalue weighted by Gasteiger charge is 2.36. The van der Waals surface area contributed by atoms with E-state index in [4.69, 9.17) is 18.9 Å². The SMILES string of the molecule is CCN1CCN(C2CCC(N(C)C(=O)COCCN(C)S(=O)(=O)c3c(C)cc(OC)cc3C)C2)CC1.CCN1CCN([C@H]2CC[C@@H](N(C)C(=O)COCCN(C)S(=O)(=O)c3c(C)cc(OC)cc3C)C2)CC1. The molecule has 6 rings (SSSR count). The van der Waals surface area contributed by atoms with Gasteiger partial charge in [0, 0.05) is 118 Å². The number of nitrogens with zero attached hydrogens (tertiary/aromatic N) is 8. The molecular weight excluding hydrogens is 961 g/mol. The predicted octanol–water partition coefficient (Wildman–Crippen LogP) is 3.93. The van der Waals surface area contributed by atoms with Crippen molar-refractivity contribution in [2.75, 3.05) is 147 Å². The van der Waals surface area contributed by atoms with E-state index in [-0.39, 0.29) is 73.2 Å². The lowest BCUT2D eigenvalue weighted by atomic mass is 10.1. The van der Waals surface area contributed by atoms with Crippen molar-refractivity contribution in [3.63, 3.8) is 0 Å². The van der Waals surface area contributed by atoms with Gasteiger partial charge in [0.05, 0.1) is 37.2 Å². The van der Waals surface area contributed by atoms with Gasteiger partial charge in [-0.2, -0.15) is 8.61 Å². The Morgan fingerprint density at radius 1 is 0.542 bits per heavy atom. The van der Waals surface area contributed by atoms with E-state index in [1.54, 1.807) is 66.2 Å². The monoisotopic (exact) mass is 1050 g/mol. The maximum absolute atomic E-state index is 13.1. The highest BCUT2D eigenvalue weighted by molar-refractivity contribution is 7.89. The number of hydrogen-bond acceptors (Lipinski definition) is 14. The fourth-order valence-corrected chi connectivity index (χ4v) is 14.0. The molecule has 4 aliphatic rings. The molecule has 2 saturated carbocycles. The number of carbonyl (C=O) groups is 2. The largest absolute Gasteiger partial charge is 0.497 e. The number of benzene rings is 2. The van der Waals surface area contributed by atoms with Crippen LogP contribution in [0.25, 0.3) is 0 Å². The van der Waals surface area contributed by atoms with Crippen LogP contribution in [0.1, 0.15) is 74.6 Å². The first-order valence-corrected chi connectivity index (χ1v) is 28.9. The third-order valence-electron chi connectivity index (χ3n) is 15.6. The van der Waals surface area contributed by atoms with Crippen molar-refractivity contribution >= 4 is 31.9 Å². The summed E-state index contributed by atoms with van der Waals surface area (Å²) in [6.07, 6.45) is 6.31. The molecule has 2 aromatic carbocycles. The first-order chi connectivity index (χ1) is 34.2. The van der Waals surface area contributed by atoms with E-state index >= 15 is 0 Å². The molecule has 408 valence electrons. The van der Waals surface area contributed by atoms with Crippen LogP contribution in [0, 0.1) is 27.7 Å². The zero-order valence-corrected chi connectivity index (χ0v) is 47.3. The lowest BCUT2D eigenvalue weighted by molar-refractivity contribution is -0.137. The first-order valence-electron chi connectivity index (χ1n) is 26.0. The van der Waals surface area contributed by atoms with Crippen LogP contribution in [0.4, 0.5) is 0 Å². The smallest absolute Gasteiger partial charge is 0.248 e. The van der Waals surface area contributed by atoms with Crippen LogP contribution in [0.3, 0.4) is 0 Å². The van der Waals surface area contributed by atoms with Crippen molar-refractivity contribution in [2.45, 2.75) is 114 Å². The summed E-state index contributed by atoms with van der Waals surface area (Å²) in [6, 6.07) is 8.45. The van der Waals surface area contributed by atoms with Crippen LogP contribution in [0.15, 0.2) is 34.1 Å². The van der Waals surface area contributed by atoms with Gasteiger partial charge in [-0.05, 0) is 126 Å². The molecule has 20 heteroatoms. The lowest BCUT2D eigenvalue weighted by Crippen LogP contribution is -2.50. The van der Waals surface area contributed by atoms with Crippen molar-refractivity contribution in [1.29, 1.82) is 0 Å². The Morgan fingerprint density at radius 2 is 0.861 bits per heavy atom. The Bertz CT molecular complexity index is 2100. The maximum atomic E-state index is 13.1. The normalized spacial score (nSPS) is 21.8. The number of aryl methyl sites for hydroxylation is 4. The van der Waals surface area contributed by atoms with Crippen LogP contribution in [-0.2, 0) is 39.1 Å². The van der Waals surface area contributed by atoms with Gasteiger partial charge in [0.2, 0.25) is 31.9 Å². The summed E-state index contributed by atoms with van der Waals surface area (Å²) < 4.78 is 76.8. The summed E-state index contributed by atoms with van der Waals surface area (Å²) in [5.41, 5.74) is 2.55. The van der Waals surface area contributed by atoms with Crippen molar-refractivity contribution in [3.8, 4) is 11.5 Å². The molecule has 2 amide bonds. The molecule has 18 nitrogen and oxygen atoms in total. The molecule has 0 bridgehead atoms. The molecule has 0 aromatic heterocycles. The van der Waals surface area contributed by atoms with E-state index in [0.29, 0.717) is 45.8 Å². The Kier molecular flexibility index (Phi) is 22.6. The zero-order valence-electron chi connectivity index (χ0n) is 45.7. The van der Waals surface area contributed by atoms with E-state index in [0.717, 1.165) is 104 Å². The molecule has 4 atom stereocenters. The topological polar surface area (TPSA) is 165 Å². The predicted molar refractivity (Wildman–Crippen MR) is 282 cm³/mol. The zero-order chi connectivity index (χ0) is 52.9. The van der Waals surface area contributed by atoms with Gasteiger partial charge in [-0.1, -0.05) is 13.8 Å². The third kappa shape index (κ3) is 15.3. The number of methoxy groups -OCH3 is 2.